The summed E-state index contributed by atoms with van der Waals surface area (Å²) in [5.41, 5.74) is 6.62. The molecule has 1 fully saturated rings. The fourth-order valence-corrected chi connectivity index (χ4v) is 2.64. The third-order valence-corrected chi connectivity index (χ3v) is 3.87. The molecule has 1 aliphatic rings. The van der Waals surface area contributed by atoms with E-state index in [1.807, 2.05) is 24.0 Å². The van der Waals surface area contributed by atoms with Crippen LogP contribution in [0.1, 0.15) is 11.3 Å². The number of anilines is 1. The van der Waals surface area contributed by atoms with E-state index in [0.29, 0.717) is 36.8 Å². The zero-order chi connectivity index (χ0) is 15.2. The highest BCUT2D eigenvalue weighted by Crippen LogP contribution is 2.37. The number of alkyl halides is 3. The third kappa shape index (κ3) is 2.55. The Kier molecular flexibility index (Phi) is 3.28. The second-order valence-corrected chi connectivity index (χ2v) is 5.55. The van der Waals surface area contributed by atoms with Crippen molar-refractivity contribution in [3.8, 4) is 0 Å². The van der Waals surface area contributed by atoms with Gasteiger partial charge in [0.1, 0.15) is 5.69 Å². The van der Waals surface area contributed by atoms with E-state index in [0.717, 1.165) is 17.0 Å². The van der Waals surface area contributed by atoms with Crippen LogP contribution in [0, 0.1) is 12.8 Å². The summed E-state index contributed by atoms with van der Waals surface area (Å²) >= 11 is 0. The van der Waals surface area contributed by atoms with Gasteiger partial charge in [-0.1, -0.05) is 12.1 Å². The smallest absolute Gasteiger partial charge is 0.370 e. The van der Waals surface area contributed by atoms with Gasteiger partial charge in [0.2, 0.25) is 0 Å². The Morgan fingerprint density at radius 2 is 2.00 bits per heavy atom. The predicted octanol–water partition coefficient (Wildman–Crippen LogP) is 2.96. The standard InChI is InChI=1S/C15H16F3N3/c1-9-2-3-11-12(4-9)20-14(15(16,17)18)5-13(11)21-7-10(6-19)8-21/h2-5,10H,6-8,19H2,1H3. The first-order chi connectivity index (χ1) is 9.88. The number of halogens is 3. The zero-order valence-corrected chi connectivity index (χ0v) is 11.6. The van der Waals surface area contributed by atoms with E-state index in [4.69, 9.17) is 5.73 Å². The Balaban J connectivity index is 2.12. The number of pyridine rings is 1. The van der Waals surface area contributed by atoms with Crippen LogP contribution in [0.25, 0.3) is 10.9 Å². The highest BCUT2D eigenvalue weighted by molar-refractivity contribution is 5.92. The van der Waals surface area contributed by atoms with Gasteiger partial charge in [-0.15, -0.1) is 0 Å². The number of nitrogens with two attached hydrogens (primary N) is 1. The molecule has 2 heterocycles. The van der Waals surface area contributed by atoms with Gasteiger partial charge >= 0.3 is 6.18 Å². The molecule has 0 bridgehead atoms. The molecule has 6 heteroatoms. The van der Waals surface area contributed by atoms with Crippen LogP contribution in [-0.4, -0.2) is 24.6 Å². The molecular weight excluding hydrogens is 279 g/mol. The van der Waals surface area contributed by atoms with E-state index >= 15 is 0 Å². The fourth-order valence-electron chi connectivity index (χ4n) is 2.64. The first-order valence-electron chi connectivity index (χ1n) is 6.82. The number of benzene rings is 1. The normalized spacial score (nSPS) is 16.3. The van der Waals surface area contributed by atoms with Crippen LogP contribution in [0.2, 0.25) is 0 Å². The second kappa shape index (κ2) is 4.87. The summed E-state index contributed by atoms with van der Waals surface area (Å²) < 4.78 is 39.1. The first-order valence-corrected chi connectivity index (χ1v) is 6.82. The third-order valence-electron chi connectivity index (χ3n) is 3.87. The SMILES string of the molecule is Cc1ccc2c(N3CC(CN)C3)cc(C(F)(F)F)nc2c1. The van der Waals surface area contributed by atoms with E-state index in [9.17, 15) is 13.2 Å². The minimum atomic E-state index is -4.44. The van der Waals surface area contributed by atoms with E-state index in [2.05, 4.69) is 4.98 Å². The molecule has 3 nitrogen and oxygen atoms in total. The molecular formula is C15H16F3N3. The highest BCUT2D eigenvalue weighted by atomic mass is 19.4. The van der Waals surface area contributed by atoms with Gasteiger partial charge in [0, 0.05) is 30.1 Å². The Hall–Kier alpha value is -1.82. The number of nitrogens with zero attached hydrogens (tertiary/aromatic N) is 2. The van der Waals surface area contributed by atoms with Gasteiger partial charge in [0.15, 0.2) is 0 Å². The van der Waals surface area contributed by atoms with Crippen molar-refractivity contribution in [1.82, 2.24) is 4.98 Å². The van der Waals surface area contributed by atoms with Gasteiger partial charge in [-0.2, -0.15) is 13.2 Å². The van der Waals surface area contributed by atoms with Crippen LogP contribution >= 0.6 is 0 Å². The number of fused-ring (bicyclic) bond motifs is 1. The summed E-state index contributed by atoms with van der Waals surface area (Å²) in [5, 5.41) is 0.754. The predicted molar refractivity (Wildman–Crippen MR) is 76.2 cm³/mol. The molecule has 1 aromatic carbocycles. The molecule has 21 heavy (non-hydrogen) atoms. The number of hydrogen-bond donors (Lipinski definition) is 1. The van der Waals surface area contributed by atoms with Gasteiger partial charge in [-0.05, 0) is 31.2 Å². The molecule has 1 aliphatic heterocycles. The Labute approximate surface area is 120 Å². The van der Waals surface area contributed by atoms with E-state index in [-0.39, 0.29) is 0 Å². The largest absolute Gasteiger partial charge is 0.433 e. The molecule has 1 aromatic heterocycles. The van der Waals surface area contributed by atoms with Crippen molar-refractivity contribution in [3.05, 3.63) is 35.5 Å². The van der Waals surface area contributed by atoms with Gasteiger partial charge in [-0.3, -0.25) is 0 Å². The Morgan fingerprint density at radius 3 is 2.62 bits per heavy atom. The lowest BCUT2D eigenvalue weighted by molar-refractivity contribution is -0.140. The summed E-state index contributed by atoms with van der Waals surface area (Å²) in [6.45, 7) is 3.79. The lowest BCUT2D eigenvalue weighted by Gasteiger charge is -2.41. The topological polar surface area (TPSA) is 42.1 Å². The summed E-state index contributed by atoms with van der Waals surface area (Å²) in [4.78, 5) is 5.71. The van der Waals surface area contributed by atoms with Crippen molar-refractivity contribution in [2.75, 3.05) is 24.5 Å². The second-order valence-electron chi connectivity index (χ2n) is 5.55. The highest BCUT2D eigenvalue weighted by Gasteiger charge is 2.35. The van der Waals surface area contributed by atoms with E-state index in [1.165, 1.54) is 0 Å². The maximum absolute atomic E-state index is 13.0. The Morgan fingerprint density at radius 1 is 1.29 bits per heavy atom. The minimum Gasteiger partial charge on any atom is -0.370 e. The summed E-state index contributed by atoms with van der Waals surface area (Å²) in [5.74, 6) is 0.355. The van der Waals surface area contributed by atoms with Crippen molar-refractivity contribution < 1.29 is 13.2 Å². The summed E-state index contributed by atoms with van der Waals surface area (Å²) in [6, 6.07) is 6.56. The van der Waals surface area contributed by atoms with Crippen LogP contribution in [-0.2, 0) is 6.18 Å². The number of aromatic nitrogens is 1. The monoisotopic (exact) mass is 295 g/mol. The van der Waals surface area contributed by atoms with Crippen LogP contribution in [0.15, 0.2) is 24.3 Å². The van der Waals surface area contributed by atoms with Crippen molar-refractivity contribution in [3.63, 3.8) is 0 Å². The molecule has 2 N–H and O–H groups in total. The maximum Gasteiger partial charge on any atom is 0.433 e. The quantitative estimate of drug-likeness (QED) is 0.926. The average Bonchev–Trinajstić information content (AvgIpc) is 2.35. The Bertz CT molecular complexity index is 676. The van der Waals surface area contributed by atoms with Crippen molar-refractivity contribution in [2.24, 2.45) is 11.7 Å². The first kappa shape index (κ1) is 14.1. The molecule has 0 saturated carbocycles. The van der Waals surface area contributed by atoms with Crippen molar-refractivity contribution >= 4 is 16.6 Å². The lowest BCUT2D eigenvalue weighted by Crippen LogP contribution is -2.50. The summed E-state index contributed by atoms with van der Waals surface area (Å²) in [6.07, 6.45) is -4.44. The van der Waals surface area contributed by atoms with Gasteiger partial charge < -0.3 is 10.6 Å². The molecule has 0 spiro atoms. The molecule has 0 radical (unpaired) electrons. The van der Waals surface area contributed by atoms with Crippen LogP contribution < -0.4 is 10.6 Å². The minimum absolute atomic E-state index is 0.355. The van der Waals surface area contributed by atoms with E-state index in [1.54, 1.807) is 6.07 Å². The molecule has 2 aromatic rings. The molecule has 0 atom stereocenters. The van der Waals surface area contributed by atoms with Crippen molar-refractivity contribution in [2.45, 2.75) is 13.1 Å². The lowest BCUT2D eigenvalue weighted by atomic mass is 9.98. The van der Waals surface area contributed by atoms with Gasteiger partial charge in [-0.25, -0.2) is 4.98 Å². The maximum atomic E-state index is 13.0. The molecule has 0 amide bonds. The zero-order valence-electron chi connectivity index (χ0n) is 11.6. The van der Waals surface area contributed by atoms with Crippen LogP contribution in [0.5, 0.6) is 0 Å². The molecule has 0 aliphatic carbocycles. The van der Waals surface area contributed by atoms with Crippen molar-refractivity contribution in [1.29, 1.82) is 0 Å². The number of hydrogen-bond acceptors (Lipinski definition) is 3. The number of aryl methyl sites for hydroxylation is 1. The van der Waals surface area contributed by atoms with Gasteiger partial charge in [0.05, 0.1) is 5.52 Å². The van der Waals surface area contributed by atoms with Gasteiger partial charge in [0.25, 0.3) is 0 Å². The summed E-state index contributed by atoms with van der Waals surface area (Å²) in [7, 11) is 0. The fraction of sp³-hybridized carbons (Fsp3) is 0.400. The molecule has 112 valence electrons. The molecule has 3 rings (SSSR count). The van der Waals surface area contributed by atoms with E-state index < -0.39 is 11.9 Å². The molecule has 1 saturated heterocycles. The molecule has 0 unspecified atom stereocenters. The van der Waals surface area contributed by atoms with Crippen LogP contribution in [0.3, 0.4) is 0 Å². The average molecular weight is 295 g/mol. The van der Waals surface area contributed by atoms with Crippen LogP contribution in [0.4, 0.5) is 18.9 Å². The number of rotatable bonds is 2.